The Labute approximate surface area is 130 Å². The van der Waals surface area contributed by atoms with Crippen molar-refractivity contribution in [3.8, 4) is 0 Å². The Morgan fingerprint density at radius 2 is 2.05 bits per heavy atom. The summed E-state index contributed by atoms with van der Waals surface area (Å²) in [4.78, 5) is 21.4. The summed E-state index contributed by atoms with van der Waals surface area (Å²) in [6.45, 7) is 3.67. The van der Waals surface area contributed by atoms with Crippen LogP contribution in [0.3, 0.4) is 0 Å². The summed E-state index contributed by atoms with van der Waals surface area (Å²) in [5.74, 6) is 0.629. The van der Waals surface area contributed by atoms with E-state index in [9.17, 15) is 4.79 Å². The number of aromatic amines is 1. The molecule has 0 unspecified atom stereocenters. The third-order valence-corrected chi connectivity index (χ3v) is 4.27. The molecule has 0 radical (unpaired) electrons. The first-order valence-electron chi connectivity index (χ1n) is 7.80. The molecule has 1 fully saturated rings. The fourth-order valence-corrected chi connectivity index (χ4v) is 2.89. The van der Waals surface area contributed by atoms with Gasteiger partial charge in [0, 0.05) is 30.7 Å². The van der Waals surface area contributed by atoms with Crippen LogP contribution in [-0.4, -0.2) is 34.0 Å². The first-order chi connectivity index (χ1) is 10.7. The predicted molar refractivity (Wildman–Crippen MR) is 86.8 cm³/mol. The number of H-pyrrole nitrogens is 1. The third-order valence-electron chi connectivity index (χ3n) is 4.27. The first-order valence-corrected chi connectivity index (χ1v) is 7.80. The minimum atomic E-state index is 0.00356. The fraction of sp³-hybridized carbons (Fsp3) is 0.412. The second kappa shape index (κ2) is 6.64. The number of hydrogen-bond acceptors (Lipinski definition) is 2. The summed E-state index contributed by atoms with van der Waals surface area (Å²) in [5.41, 5.74) is 3.23. The fourth-order valence-electron chi connectivity index (χ4n) is 2.89. The SMILES string of the molecule is Cc1ccc(NC(=O)N2CCC(Cc3cnc[nH]3)CC2)cc1. The van der Waals surface area contributed by atoms with Crippen LogP contribution in [-0.2, 0) is 6.42 Å². The topological polar surface area (TPSA) is 61.0 Å². The van der Waals surface area contributed by atoms with Crippen molar-refractivity contribution < 1.29 is 4.79 Å². The molecule has 116 valence electrons. The van der Waals surface area contributed by atoms with E-state index in [4.69, 9.17) is 0 Å². The average Bonchev–Trinajstić information content (AvgIpc) is 3.03. The Morgan fingerprint density at radius 3 is 2.68 bits per heavy atom. The van der Waals surface area contributed by atoms with Gasteiger partial charge in [-0.05, 0) is 44.2 Å². The number of likely N-dealkylation sites (tertiary alicyclic amines) is 1. The maximum atomic E-state index is 12.3. The molecule has 0 atom stereocenters. The highest BCUT2D eigenvalue weighted by atomic mass is 16.2. The maximum Gasteiger partial charge on any atom is 0.321 e. The van der Waals surface area contributed by atoms with Crippen LogP contribution in [0.1, 0.15) is 24.1 Å². The summed E-state index contributed by atoms with van der Waals surface area (Å²) >= 11 is 0. The van der Waals surface area contributed by atoms with Crippen LogP contribution in [0.5, 0.6) is 0 Å². The summed E-state index contributed by atoms with van der Waals surface area (Å²) < 4.78 is 0. The quantitative estimate of drug-likeness (QED) is 0.914. The number of nitrogens with zero attached hydrogens (tertiary/aromatic N) is 2. The molecule has 1 aliphatic rings. The van der Waals surface area contributed by atoms with Crippen LogP contribution in [0.2, 0.25) is 0 Å². The zero-order valence-corrected chi connectivity index (χ0v) is 12.9. The van der Waals surface area contributed by atoms with E-state index in [0.717, 1.165) is 38.0 Å². The number of rotatable bonds is 3. The zero-order chi connectivity index (χ0) is 15.4. The van der Waals surface area contributed by atoms with Crippen molar-refractivity contribution in [3.63, 3.8) is 0 Å². The Hall–Kier alpha value is -2.30. The lowest BCUT2D eigenvalue weighted by Gasteiger charge is -2.31. The number of nitrogens with one attached hydrogen (secondary N) is 2. The van der Waals surface area contributed by atoms with Crippen LogP contribution < -0.4 is 5.32 Å². The van der Waals surface area contributed by atoms with E-state index >= 15 is 0 Å². The van der Waals surface area contributed by atoms with Gasteiger partial charge in [0.15, 0.2) is 0 Å². The zero-order valence-electron chi connectivity index (χ0n) is 12.9. The van der Waals surface area contributed by atoms with Gasteiger partial charge in [0.25, 0.3) is 0 Å². The van der Waals surface area contributed by atoms with Crippen molar-refractivity contribution >= 4 is 11.7 Å². The summed E-state index contributed by atoms with van der Waals surface area (Å²) in [7, 11) is 0. The highest BCUT2D eigenvalue weighted by molar-refractivity contribution is 5.89. The van der Waals surface area contributed by atoms with Gasteiger partial charge in [0.1, 0.15) is 0 Å². The summed E-state index contributed by atoms with van der Waals surface area (Å²) in [6, 6.07) is 7.90. The third kappa shape index (κ3) is 3.67. The lowest BCUT2D eigenvalue weighted by molar-refractivity contribution is 0.182. The molecule has 1 saturated heterocycles. The maximum absolute atomic E-state index is 12.3. The van der Waals surface area contributed by atoms with E-state index in [1.54, 1.807) is 6.33 Å². The van der Waals surface area contributed by atoms with E-state index in [1.807, 2.05) is 42.3 Å². The van der Waals surface area contributed by atoms with Crippen LogP contribution >= 0.6 is 0 Å². The van der Waals surface area contributed by atoms with Gasteiger partial charge >= 0.3 is 6.03 Å². The predicted octanol–water partition coefficient (Wildman–Crippen LogP) is 3.20. The van der Waals surface area contributed by atoms with Crippen molar-refractivity contribution in [1.82, 2.24) is 14.9 Å². The Balaban J connectivity index is 1.48. The van der Waals surface area contributed by atoms with E-state index in [2.05, 4.69) is 15.3 Å². The standard InChI is InChI=1S/C17H22N4O/c1-13-2-4-15(5-3-13)20-17(22)21-8-6-14(7-9-21)10-16-11-18-12-19-16/h2-5,11-12,14H,6-10H2,1H3,(H,18,19)(H,20,22). The Bertz CT molecular complexity index is 598. The minimum Gasteiger partial charge on any atom is -0.348 e. The van der Waals surface area contributed by atoms with Crippen molar-refractivity contribution in [1.29, 1.82) is 0 Å². The van der Waals surface area contributed by atoms with Gasteiger partial charge in [0.05, 0.1) is 6.33 Å². The van der Waals surface area contributed by atoms with Crippen LogP contribution in [0.4, 0.5) is 10.5 Å². The largest absolute Gasteiger partial charge is 0.348 e. The Morgan fingerprint density at radius 1 is 1.32 bits per heavy atom. The number of hydrogen-bond donors (Lipinski definition) is 2. The van der Waals surface area contributed by atoms with Crippen molar-refractivity contribution in [2.75, 3.05) is 18.4 Å². The lowest BCUT2D eigenvalue weighted by atomic mass is 9.92. The van der Waals surface area contributed by atoms with Crippen molar-refractivity contribution in [2.45, 2.75) is 26.2 Å². The normalized spacial score (nSPS) is 15.8. The number of aromatic nitrogens is 2. The molecule has 2 aromatic rings. The molecular formula is C17H22N4O. The number of imidazole rings is 1. The molecule has 0 aliphatic carbocycles. The van der Waals surface area contributed by atoms with Crippen molar-refractivity contribution in [3.05, 3.63) is 48.0 Å². The monoisotopic (exact) mass is 298 g/mol. The Kier molecular flexibility index (Phi) is 4.42. The molecule has 3 rings (SSSR count). The van der Waals surface area contributed by atoms with Gasteiger partial charge < -0.3 is 15.2 Å². The molecule has 22 heavy (non-hydrogen) atoms. The molecule has 2 heterocycles. The number of piperidine rings is 1. The van der Waals surface area contributed by atoms with Crippen LogP contribution in [0, 0.1) is 12.8 Å². The van der Waals surface area contributed by atoms with E-state index in [1.165, 1.54) is 11.3 Å². The number of carbonyl (C=O) groups is 1. The molecule has 0 bridgehead atoms. The van der Waals surface area contributed by atoms with Gasteiger partial charge in [0.2, 0.25) is 0 Å². The number of anilines is 1. The van der Waals surface area contributed by atoms with Crippen LogP contribution in [0.25, 0.3) is 0 Å². The summed E-state index contributed by atoms with van der Waals surface area (Å²) in [6.07, 6.45) is 6.71. The first kappa shape index (κ1) is 14.6. The van der Waals surface area contributed by atoms with Gasteiger partial charge in [-0.2, -0.15) is 0 Å². The van der Waals surface area contributed by atoms with Gasteiger partial charge in [-0.25, -0.2) is 9.78 Å². The summed E-state index contributed by atoms with van der Waals surface area (Å²) in [5, 5.41) is 2.97. The second-order valence-electron chi connectivity index (χ2n) is 6.01. The molecule has 0 spiro atoms. The number of urea groups is 1. The van der Waals surface area contributed by atoms with E-state index < -0.39 is 0 Å². The highest BCUT2D eigenvalue weighted by Gasteiger charge is 2.23. The number of carbonyl (C=O) groups excluding carboxylic acids is 1. The number of aryl methyl sites for hydroxylation is 1. The molecule has 0 saturated carbocycles. The van der Waals surface area contributed by atoms with E-state index in [0.29, 0.717) is 5.92 Å². The number of benzene rings is 1. The molecular weight excluding hydrogens is 276 g/mol. The molecule has 1 aromatic heterocycles. The molecule has 2 amide bonds. The smallest absolute Gasteiger partial charge is 0.321 e. The second-order valence-corrected chi connectivity index (χ2v) is 6.01. The number of amides is 2. The van der Waals surface area contributed by atoms with Gasteiger partial charge in [-0.3, -0.25) is 0 Å². The van der Waals surface area contributed by atoms with Gasteiger partial charge in [-0.15, -0.1) is 0 Å². The highest BCUT2D eigenvalue weighted by Crippen LogP contribution is 2.21. The molecule has 5 heteroatoms. The van der Waals surface area contributed by atoms with Crippen LogP contribution in [0.15, 0.2) is 36.8 Å². The van der Waals surface area contributed by atoms with Crippen molar-refractivity contribution in [2.24, 2.45) is 5.92 Å². The van der Waals surface area contributed by atoms with Gasteiger partial charge in [-0.1, -0.05) is 17.7 Å². The molecule has 1 aromatic carbocycles. The molecule has 1 aliphatic heterocycles. The minimum absolute atomic E-state index is 0.00356. The molecule has 2 N–H and O–H groups in total. The van der Waals surface area contributed by atoms with E-state index in [-0.39, 0.29) is 6.03 Å². The average molecular weight is 298 g/mol. The lowest BCUT2D eigenvalue weighted by Crippen LogP contribution is -2.41. The molecule has 5 nitrogen and oxygen atoms in total.